The van der Waals surface area contributed by atoms with Gasteiger partial charge in [0.25, 0.3) is 11.8 Å². The Morgan fingerprint density at radius 1 is 1.04 bits per heavy atom. The summed E-state index contributed by atoms with van der Waals surface area (Å²) in [6.07, 6.45) is 4.38. The van der Waals surface area contributed by atoms with E-state index in [0.717, 1.165) is 35.5 Å². The first-order valence-corrected chi connectivity index (χ1v) is 10.6. The van der Waals surface area contributed by atoms with E-state index in [9.17, 15) is 9.59 Å². The summed E-state index contributed by atoms with van der Waals surface area (Å²) in [4.78, 5) is 26.4. The van der Waals surface area contributed by atoms with Gasteiger partial charge in [0.05, 0.1) is 23.9 Å². The smallest absolute Gasteiger partial charge is 0.252 e. The van der Waals surface area contributed by atoms with Gasteiger partial charge in [-0.25, -0.2) is 0 Å². The zero-order valence-electron chi connectivity index (χ0n) is 15.1. The van der Waals surface area contributed by atoms with Crippen molar-refractivity contribution in [3.63, 3.8) is 0 Å². The van der Waals surface area contributed by atoms with E-state index < -0.39 is 0 Å². The number of hydrogen-bond acceptors (Lipinski definition) is 5. The van der Waals surface area contributed by atoms with Gasteiger partial charge < -0.3 is 15.1 Å². The highest BCUT2D eigenvalue weighted by Crippen LogP contribution is 2.17. The summed E-state index contributed by atoms with van der Waals surface area (Å²) >= 11 is 3.18. The Morgan fingerprint density at radius 3 is 2.56 bits per heavy atom. The van der Waals surface area contributed by atoms with Gasteiger partial charge in [-0.1, -0.05) is 0 Å². The summed E-state index contributed by atoms with van der Waals surface area (Å²) in [6.45, 7) is 3.05. The molecule has 7 heteroatoms. The molecule has 0 unspecified atom stereocenters. The lowest BCUT2D eigenvalue weighted by Gasteiger charge is -2.03. The highest BCUT2D eigenvalue weighted by atomic mass is 32.1. The Balaban J connectivity index is 1.34. The summed E-state index contributed by atoms with van der Waals surface area (Å²) < 4.78 is 5.21. The van der Waals surface area contributed by atoms with Gasteiger partial charge in [-0.05, 0) is 50.5 Å². The maximum absolute atomic E-state index is 12.1. The van der Waals surface area contributed by atoms with Crippen LogP contribution < -0.4 is 10.6 Å². The highest BCUT2D eigenvalue weighted by Gasteiger charge is 2.10. The topological polar surface area (TPSA) is 71.3 Å². The van der Waals surface area contributed by atoms with Crippen LogP contribution in [-0.4, -0.2) is 18.4 Å². The lowest BCUT2D eigenvalue weighted by atomic mass is 10.2. The molecular weight excluding hydrogens is 380 g/mol. The van der Waals surface area contributed by atoms with E-state index in [-0.39, 0.29) is 11.8 Å². The van der Waals surface area contributed by atoms with Crippen LogP contribution in [-0.2, 0) is 13.0 Å². The van der Waals surface area contributed by atoms with Crippen molar-refractivity contribution in [1.29, 1.82) is 0 Å². The zero-order chi connectivity index (χ0) is 19.1. The predicted molar refractivity (Wildman–Crippen MR) is 109 cm³/mol. The van der Waals surface area contributed by atoms with Gasteiger partial charge in [0, 0.05) is 27.1 Å². The van der Waals surface area contributed by atoms with E-state index in [4.69, 9.17) is 4.42 Å². The SMILES string of the molecule is Cc1cc(C(=O)NCCCCc2cc(C(=O)NCc3ccco3)cs2)cs1. The number of amides is 2. The Bertz CT molecular complexity index is 881. The van der Waals surface area contributed by atoms with Gasteiger partial charge in [-0.15, -0.1) is 22.7 Å². The number of thiophene rings is 2. The summed E-state index contributed by atoms with van der Waals surface area (Å²) in [5, 5.41) is 9.56. The second-order valence-electron chi connectivity index (χ2n) is 6.22. The molecule has 3 rings (SSSR count). The Hall–Kier alpha value is -2.38. The standard InChI is InChI=1S/C20H22N2O3S2/c1-14-9-15(12-26-14)19(23)21-7-3-2-6-18-10-16(13-27-18)20(24)22-11-17-5-4-8-25-17/h4-5,8-10,12-13H,2-3,6-7,11H2,1H3,(H,21,23)(H,22,24). The van der Waals surface area contributed by atoms with Gasteiger partial charge in [0.15, 0.2) is 0 Å². The number of nitrogens with one attached hydrogen (secondary N) is 2. The number of rotatable bonds is 9. The molecule has 0 aliphatic heterocycles. The lowest BCUT2D eigenvalue weighted by molar-refractivity contribution is 0.0942. The van der Waals surface area contributed by atoms with Crippen molar-refractivity contribution in [1.82, 2.24) is 10.6 Å². The van der Waals surface area contributed by atoms with E-state index in [0.29, 0.717) is 18.7 Å². The first-order valence-electron chi connectivity index (χ1n) is 8.83. The third-order valence-corrected chi connectivity index (χ3v) is 5.91. The van der Waals surface area contributed by atoms with E-state index in [2.05, 4.69) is 10.6 Å². The fourth-order valence-electron chi connectivity index (χ4n) is 2.60. The largest absolute Gasteiger partial charge is 0.467 e. The fourth-order valence-corrected chi connectivity index (χ4v) is 4.20. The molecule has 0 bridgehead atoms. The first kappa shape index (κ1) is 19.4. The Morgan fingerprint density at radius 2 is 1.81 bits per heavy atom. The van der Waals surface area contributed by atoms with Crippen LogP contribution in [0.3, 0.4) is 0 Å². The average molecular weight is 403 g/mol. The number of carbonyl (C=O) groups excluding carboxylic acids is 2. The third kappa shape index (κ3) is 5.80. The minimum Gasteiger partial charge on any atom is -0.467 e. The molecular formula is C20H22N2O3S2. The second kappa shape index (κ2) is 9.53. The van der Waals surface area contributed by atoms with Crippen LogP contribution in [0, 0.1) is 6.92 Å². The van der Waals surface area contributed by atoms with Crippen molar-refractivity contribution in [3.05, 3.63) is 67.9 Å². The molecule has 0 aliphatic carbocycles. The molecule has 5 nitrogen and oxygen atoms in total. The van der Waals surface area contributed by atoms with Crippen LogP contribution in [0.2, 0.25) is 0 Å². The molecule has 3 aromatic heterocycles. The summed E-state index contributed by atoms with van der Waals surface area (Å²) in [5.41, 5.74) is 1.42. The van der Waals surface area contributed by atoms with Crippen LogP contribution in [0.5, 0.6) is 0 Å². The summed E-state index contributed by atoms with van der Waals surface area (Å²) in [5.74, 6) is 0.636. The highest BCUT2D eigenvalue weighted by molar-refractivity contribution is 7.10. The molecule has 0 saturated heterocycles. The molecule has 0 aliphatic rings. The first-order chi connectivity index (χ1) is 13.1. The average Bonchev–Trinajstić information content (AvgIpc) is 3.41. The van der Waals surface area contributed by atoms with Crippen LogP contribution >= 0.6 is 22.7 Å². The number of aryl methyl sites for hydroxylation is 2. The molecule has 2 amide bonds. The van der Waals surface area contributed by atoms with Crippen molar-refractivity contribution >= 4 is 34.5 Å². The van der Waals surface area contributed by atoms with E-state index in [1.165, 1.54) is 4.88 Å². The molecule has 0 radical (unpaired) electrons. The van der Waals surface area contributed by atoms with Crippen molar-refractivity contribution in [2.75, 3.05) is 6.54 Å². The van der Waals surface area contributed by atoms with Crippen LogP contribution in [0.15, 0.2) is 45.7 Å². The van der Waals surface area contributed by atoms with E-state index >= 15 is 0 Å². The number of carbonyl (C=O) groups is 2. The Kier molecular flexibility index (Phi) is 6.84. The molecule has 0 fully saturated rings. The molecule has 3 heterocycles. The molecule has 0 aromatic carbocycles. The van der Waals surface area contributed by atoms with Crippen molar-refractivity contribution in [2.45, 2.75) is 32.7 Å². The van der Waals surface area contributed by atoms with E-state index in [1.807, 2.05) is 35.9 Å². The van der Waals surface area contributed by atoms with Gasteiger partial charge >= 0.3 is 0 Å². The molecule has 142 valence electrons. The monoisotopic (exact) mass is 402 g/mol. The zero-order valence-corrected chi connectivity index (χ0v) is 16.8. The van der Waals surface area contributed by atoms with Crippen molar-refractivity contribution < 1.29 is 14.0 Å². The second-order valence-corrected chi connectivity index (χ2v) is 8.33. The number of unbranched alkanes of at least 4 members (excludes halogenated alkanes) is 1. The lowest BCUT2D eigenvalue weighted by Crippen LogP contribution is -2.23. The van der Waals surface area contributed by atoms with Crippen LogP contribution in [0.1, 0.15) is 49.1 Å². The minimum atomic E-state index is -0.0905. The van der Waals surface area contributed by atoms with Gasteiger partial charge in [0.2, 0.25) is 0 Å². The van der Waals surface area contributed by atoms with Crippen molar-refractivity contribution in [3.8, 4) is 0 Å². The fraction of sp³-hybridized carbons (Fsp3) is 0.300. The van der Waals surface area contributed by atoms with E-state index in [1.54, 1.807) is 35.0 Å². The summed E-state index contributed by atoms with van der Waals surface area (Å²) in [6, 6.07) is 7.48. The maximum Gasteiger partial charge on any atom is 0.252 e. The molecule has 0 saturated carbocycles. The van der Waals surface area contributed by atoms with Gasteiger partial charge in [-0.2, -0.15) is 0 Å². The maximum atomic E-state index is 12.1. The predicted octanol–water partition coefficient (Wildman–Crippen LogP) is 4.39. The third-order valence-electron chi connectivity index (χ3n) is 4.05. The van der Waals surface area contributed by atoms with Gasteiger partial charge in [-0.3, -0.25) is 9.59 Å². The molecule has 0 spiro atoms. The molecule has 27 heavy (non-hydrogen) atoms. The normalized spacial score (nSPS) is 10.7. The number of hydrogen-bond donors (Lipinski definition) is 2. The molecule has 0 atom stereocenters. The summed E-state index contributed by atoms with van der Waals surface area (Å²) in [7, 11) is 0. The van der Waals surface area contributed by atoms with Crippen LogP contribution in [0.25, 0.3) is 0 Å². The number of furan rings is 1. The molecule has 2 N–H and O–H groups in total. The Labute approximate surface area is 166 Å². The van der Waals surface area contributed by atoms with Crippen LogP contribution in [0.4, 0.5) is 0 Å². The van der Waals surface area contributed by atoms with Crippen molar-refractivity contribution in [2.24, 2.45) is 0 Å². The van der Waals surface area contributed by atoms with Gasteiger partial charge in [0.1, 0.15) is 5.76 Å². The molecule has 3 aromatic rings. The quantitative estimate of drug-likeness (QED) is 0.521. The minimum absolute atomic E-state index is 0.00834.